The van der Waals surface area contributed by atoms with Gasteiger partial charge in [0, 0.05) is 31.2 Å². The molecule has 0 aromatic heterocycles. The normalized spacial score (nSPS) is 29.0. The number of aliphatic hydroxyl groups excluding tert-OH is 1. The Morgan fingerprint density at radius 3 is 2.67 bits per heavy atom. The predicted octanol–water partition coefficient (Wildman–Crippen LogP) is 2.52. The molecule has 198 valence electrons. The Balaban J connectivity index is 1.53. The van der Waals surface area contributed by atoms with Crippen molar-refractivity contribution in [1.82, 2.24) is 10.2 Å². The summed E-state index contributed by atoms with van der Waals surface area (Å²) in [6.07, 6.45) is 2.08. The van der Waals surface area contributed by atoms with Crippen LogP contribution in [0.2, 0.25) is 0 Å². The van der Waals surface area contributed by atoms with E-state index in [2.05, 4.69) is 5.32 Å². The number of carbonyl (C=O) groups excluding carboxylic acids is 2. The average molecular weight is 501 g/mol. The van der Waals surface area contributed by atoms with Crippen LogP contribution in [0.5, 0.6) is 5.75 Å². The highest BCUT2D eigenvalue weighted by Gasteiger charge is 2.53. The van der Waals surface area contributed by atoms with Gasteiger partial charge in [0.1, 0.15) is 17.5 Å². The molecule has 1 aliphatic carbocycles. The molecule has 9 heteroatoms. The van der Waals surface area contributed by atoms with Gasteiger partial charge in [-0.25, -0.2) is 4.99 Å². The summed E-state index contributed by atoms with van der Waals surface area (Å²) in [5.74, 6) is 0.347. The maximum Gasteiger partial charge on any atom is 0.231 e. The average Bonchev–Trinajstić information content (AvgIpc) is 3.64. The first-order valence-electron chi connectivity index (χ1n) is 13.0. The van der Waals surface area contributed by atoms with E-state index in [0.717, 1.165) is 18.4 Å². The number of aliphatic imine (C=N–C) groups is 1. The van der Waals surface area contributed by atoms with E-state index < -0.39 is 23.3 Å². The molecule has 0 bridgehead atoms. The molecule has 4 N–H and O–H groups in total. The van der Waals surface area contributed by atoms with E-state index in [9.17, 15) is 14.7 Å². The Kier molecular flexibility index (Phi) is 7.35. The van der Waals surface area contributed by atoms with Crippen LogP contribution < -0.4 is 15.8 Å². The summed E-state index contributed by atoms with van der Waals surface area (Å²) in [5.41, 5.74) is 5.82. The lowest BCUT2D eigenvalue weighted by Gasteiger charge is -2.42. The smallest absolute Gasteiger partial charge is 0.231 e. The van der Waals surface area contributed by atoms with Gasteiger partial charge in [-0.05, 0) is 51.5 Å². The minimum atomic E-state index is -0.916. The highest BCUT2D eigenvalue weighted by Crippen LogP contribution is 2.47. The number of nitrogens with two attached hydrogens (primary N) is 1. The number of nitrogens with one attached hydrogen (secondary N) is 1. The Hall–Kier alpha value is -2.65. The van der Waals surface area contributed by atoms with Gasteiger partial charge >= 0.3 is 0 Å². The van der Waals surface area contributed by atoms with Crippen LogP contribution in [0.25, 0.3) is 0 Å². The van der Waals surface area contributed by atoms with Gasteiger partial charge in [-0.1, -0.05) is 32.0 Å². The van der Waals surface area contributed by atoms with E-state index in [4.69, 9.17) is 20.2 Å². The Morgan fingerprint density at radius 1 is 1.33 bits per heavy atom. The molecule has 1 aromatic carbocycles. The van der Waals surface area contributed by atoms with Crippen molar-refractivity contribution in [1.29, 1.82) is 0 Å². The van der Waals surface area contributed by atoms with Crippen LogP contribution in [0, 0.1) is 11.8 Å². The first kappa shape index (κ1) is 26.4. The second-order valence-corrected chi connectivity index (χ2v) is 10.9. The zero-order valence-electron chi connectivity index (χ0n) is 22.0. The fourth-order valence-corrected chi connectivity index (χ4v) is 5.72. The number of fused-ring (bicyclic) bond motifs is 1. The number of amides is 2. The molecule has 3 aliphatic rings. The Labute approximate surface area is 213 Å². The van der Waals surface area contributed by atoms with Crippen molar-refractivity contribution in [3.05, 3.63) is 29.8 Å². The zero-order chi connectivity index (χ0) is 26.3. The lowest BCUT2D eigenvalue weighted by atomic mass is 9.86. The molecule has 2 amide bonds. The van der Waals surface area contributed by atoms with Crippen LogP contribution in [-0.4, -0.2) is 64.8 Å². The number of carbonyl (C=O) groups is 2. The molecule has 0 unspecified atom stereocenters. The summed E-state index contributed by atoms with van der Waals surface area (Å²) < 4.78 is 11.3. The maximum absolute atomic E-state index is 13.4. The Morgan fingerprint density at radius 2 is 2.03 bits per heavy atom. The number of benzene rings is 1. The van der Waals surface area contributed by atoms with Gasteiger partial charge in [0.05, 0.1) is 18.0 Å². The van der Waals surface area contributed by atoms with Crippen LogP contribution >= 0.6 is 0 Å². The van der Waals surface area contributed by atoms with Gasteiger partial charge in [-0.2, -0.15) is 0 Å². The quantitative estimate of drug-likeness (QED) is 0.478. The van der Waals surface area contributed by atoms with E-state index in [0.29, 0.717) is 31.6 Å². The second-order valence-electron chi connectivity index (χ2n) is 10.9. The molecule has 9 nitrogen and oxygen atoms in total. The minimum Gasteiger partial charge on any atom is -0.485 e. The number of aliphatic hydroxyl groups is 1. The fourth-order valence-electron chi connectivity index (χ4n) is 5.72. The summed E-state index contributed by atoms with van der Waals surface area (Å²) in [6, 6.07) is 6.59. The molecular weight excluding hydrogens is 460 g/mol. The molecule has 2 heterocycles. The molecule has 0 spiro atoms. The molecule has 1 fully saturated rings. The topological polar surface area (TPSA) is 126 Å². The first-order valence-corrected chi connectivity index (χ1v) is 13.0. The van der Waals surface area contributed by atoms with Crippen LogP contribution in [-0.2, 0) is 14.3 Å². The summed E-state index contributed by atoms with van der Waals surface area (Å²) in [6.45, 7) is 8.11. The number of rotatable bonds is 9. The standard InChI is InChI=1S/C27H40N4O5/c1-6-27(7-2)15-21(32)31(25(28)30-27)19(12-13-35-5)17-14-18(17)24(34)29-22-16-10-8-9-11-20(16)36-26(3,4)23(22)33/h8-11,17-19,22-23,33H,6-7,12-15H2,1-5H3,(H2,28,30)(H,29,34)/t17-,18-,19+,22+,23-/m0/s1. The molecule has 5 atom stereocenters. The summed E-state index contributed by atoms with van der Waals surface area (Å²) in [5, 5.41) is 14.1. The molecule has 0 radical (unpaired) electrons. The monoisotopic (exact) mass is 500 g/mol. The highest BCUT2D eigenvalue weighted by molar-refractivity contribution is 5.99. The highest BCUT2D eigenvalue weighted by atomic mass is 16.5. The molecule has 1 aromatic rings. The summed E-state index contributed by atoms with van der Waals surface area (Å²) in [7, 11) is 1.62. The van der Waals surface area contributed by atoms with Gasteiger partial charge in [0.15, 0.2) is 5.96 Å². The number of methoxy groups -OCH3 is 1. The van der Waals surface area contributed by atoms with Gasteiger partial charge in [-0.3, -0.25) is 14.5 Å². The van der Waals surface area contributed by atoms with Crippen molar-refractivity contribution >= 4 is 17.8 Å². The maximum atomic E-state index is 13.4. The van der Waals surface area contributed by atoms with Gasteiger partial charge < -0.3 is 25.6 Å². The molecule has 4 rings (SSSR count). The van der Waals surface area contributed by atoms with Crippen molar-refractivity contribution < 1.29 is 24.2 Å². The van der Waals surface area contributed by atoms with Crippen molar-refractivity contribution in [3.63, 3.8) is 0 Å². The fraction of sp³-hybridized carbons (Fsp3) is 0.667. The van der Waals surface area contributed by atoms with Crippen LogP contribution in [0.4, 0.5) is 0 Å². The third-order valence-electron chi connectivity index (χ3n) is 8.24. The van der Waals surface area contributed by atoms with E-state index in [1.165, 1.54) is 0 Å². The van der Waals surface area contributed by atoms with Gasteiger partial charge in [0.25, 0.3) is 0 Å². The van der Waals surface area contributed by atoms with E-state index in [1.54, 1.807) is 12.0 Å². The van der Waals surface area contributed by atoms with Crippen LogP contribution in [0.1, 0.15) is 71.4 Å². The zero-order valence-corrected chi connectivity index (χ0v) is 22.0. The van der Waals surface area contributed by atoms with Crippen LogP contribution in [0.3, 0.4) is 0 Å². The second kappa shape index (κ2) is 10.0. The van der Waals surface area contributed by atoms with E-state index in [-0.39, 0.29) is 35.7 Å². The van der Waals surface area contributed by atoms with Crippen molar-refractivity contribution in [2.24, 2.45) is 22.6 Å². The molecule has 0 saturated heterocycles. The molecule has 36 heavy (non-hydrogen) atoms. The third-order valence-corrected chi connectivity index (χ3v) is 8.24. The summed E-state index contributed by atoms with van der Waals surface area (Å²) in [4.78, 5) is 33.1. The van der Waals surface area contributed by atoms with Crippen molar-refractivity contribution in [3.8, 4) is 5.75 Å². The number of hydrogen-bond acceptors (Lipinski definition) is 7. The van der Waals surface area contributed by atoms with Crippen molar-refractivity contribution in [2.75, 3.05) is 13.7 Å². The first-order chi connectivity index (χ1) is 17.1. The number of guanidine groups is 1. The number of ether oxygens (including phenoxy) is 2. The Bertz CT molecular complexity index is 1020. The number of para-hydroxylation sites is 1. The summed E-state index contributed by atoms with van der Waals surface area (Å²) >= 11 is 0. The van der Waals surface area contributed by atoms with Crippen molar-refractivity contribution in [2.45, 2.75) is 89.1 Å². The van der Waals surface area contributed by atoms with Gasteiger partial charge in [0.2, 0.25) is 11.8 Å². The van der Waals surface area contributed by atoms with Crippen LogP contribution in [0.15, 0.2) is 29.3 Å². The molecular formula is C27H40N4O5. The minimum absolute atomic E-state index is 0.0473. The molecule has 2 aliphatic heterocycles. The third kappa shape index (κ3) is 4.83. The largest absolute Gasteiger partial charge is 0.485 e. The lowest BCUT2D eigenvalue weighted by molar-refractivity contribution is -0.133. The molecule has 1 saturated carbocycles. The van der Waals surface area contributed by atoms with Gasteiger partial charge in [-0.15, -0.1) is 0 Å². The van der Waals surface area contributed by atoms with E-state index >= 15 is 0 Å². The predicted molar refractivity (Wildman–Crippen MR) is 136 cm³/mol. The number of hydrogen-bond donors (Lipinski definition) is 3. The number of nitrogens with zero attached hydrogens (tertiary/aromatic N) is 2. The SMILES string of the molecule is CCC1(CC)CC(=O)N([C@H](CCOC)[C@H]2C[C@@H]2C(=O)N[C@@H]2c3ccccc3OC(C)(C)[C@H]2O)C(N)=N1. The van der Waals surface area contributed by atoms with E-state index in [1.807, 2.05) is 52.0 Å². The lowest BCUT2D eigenvalue weighted by Crippen LogP contribution is -2.56.